The molecule has 0 radical (unpaired) electrons. The molecule has 2 saturated heterocycles. The van der Waals surface area contributed by atoms with Crippen LogP contribution in [-0.4, -0.2) is 10.4 Å². The maximum Gasteiger partial charge on any atom is 0.0546 e. The van der Waals surface area contributed by atoms with Crippen LogP contribution in [0.5, 0.6) is 0 Å². The largest absolute Gasteiger partial charge is 0.280 e. The van der Waals surface area contributed by atoms with Crippen molar-refractivity contribution in [2.24, 2.45) is 0 Å². The number of rotatable bonds is 0. The molecule has 1 heteroatoms. The van der Waals surface area contributed by atoms with Crippen LogP contribution in [0.25, 0.3) is 0 Å². The van der Waals surface area contributed by atoms with E-state index in [4.69, 9.17) is 0 Å². The lowest BCUT2D eigenvalue weighted by Gasteiger charge is -2.35. The van der Waals surface area contributed by atoms with Gasteiger partial charge >= 0.3 is 0 Å². The zero-order valence-electron chi connectivity index (χ0n) is 8.04. The average molecular weight is 171 g/mol. The van der Waals surface area contributed by atoms with Gasteiger partial charge in [0.15, 0.2) is 0 Å². The van der Waals surface area contributed by atoms with Crippen molar-refractivity contribution in [2.75, 3.05) is 0 Å². The molecule has 4 atom stereocenters. The number of benzene rings is 1. The maximum absolute atomic E-state index is 2.67. The van der Waals surface area contributed by atoms with Crippen LogP contribution in [0, 0.1) is 6.92 Å². The van der Waals surface area contributed by atoms with Crippen molar-refractivity contribution in [3.05, 3.63) is 34.9 Å². The minimum Gasteiger partial charge on any atom is -0.280 e. The van der Waals surface area contributed by atoms with E-state index in [2.05, 4.69) is 36.9 Å². The molecule has 0 saturated carbocycles. The molecule has 1 aromatic rings. The first kappa shape index (κ1) is 6.61. The van der Waals surface area contributed by atoms with Crippen LogP contribution in [0.1, 0.15) is 42.1 Å². The standard InChI is InChI=1S/C12H13N/c1-7-4-3-5-8-10(7)9-6-12(2)11(8)13(9)12/h3-5,9,11H,6H2,1-2H3/t9-,11-,12?,13?/m1/s1. The summed E-state index contributed by atoms with van der Waals surface area (Å²) in [5.41, 5.74) is 5.34. The van der Waals surface area contributed by atoms with E-state index >= 15 is 0 Å². The van der Waals surface area contributed by atoms with Gasteiger partial charge in [-0.25, -0.2) is 0 Å². The Labute approximate surface area is 78.4 Å². The second kappa shape index (κ2) is 1.57. The number of hydrogen-bond donors (Lipinski definition) is 0. The van der Waals surface area contributed by atoms with Gasteiger partial charge in [0.1, 0.15) is 0 Å². The fourth-order valence-electron chi connectivity index (χ4n) is 3.71. The molecule has 0 aromatic heterocycles. The Balaban J connectivity index is 2.02. The van der Waals surface area contributed by atoms with Gasteiger partial charge in [0, 0.05) is 11.6 Å². The molecule has 1 nitrogen and oxygen atoms in total. The number of fused-ring (bicyclic) bond motifs is 4. The first-order valence-corrected chi connectivity index (χ1v) is 5.11. The molecule has 3 aliphatic heterocycles. The lowest BCUT2D eigenvalue weighted by molar-refractivity contribution is 0.187. The van der Waals surface area contributed by atoms with E-state index in [1.807, 2.05) is 0 Å². The maximum atomic E-state index is 2.67. The summed E-state index contributed by atoms with van der Waals surface area (Å²) in [5, 5.41) is 0. The van der Waals surface area contributed by atoms with E-state index in [1.54, 1.807) is 11.1 Å². The molecule has 3 aliphatic rings. The predicted molar refractivity (Wildman–Crippen MR) is 51.5 cm³/mol. The van der Waals surface area contributed by atoms with E-state index in [-0.39, 0.29) is 0 Å². The third-order valence-electron chi connectivity index (χ3n) is 4.32. The minimum absolute atomic E-state index is 0.575. The molecular weight excluding hydrogens is 158 g/mol. The van der Waals surface area contributed by atoms with Gasteiger partial charge in [-0.05, 0) is 37.0 Å². The van der Waals surface area contributed by atoms with E-state index in [9.17, 15) is 0 Å². The van der Waals surface area contributed by atoms with Crippen LogP contribution in [0.15, 0.2) is 18.2 Å². The van der Waals surface area contributed by atoms with Crippen molar-refractivity contribution in [1.29, 1.82) is 0 Å². The molecular formula is C12H13N. The summed E-state index contributed by atoms with van der Waals surface area (Å²) in [6.45, 7) is 4.65. The Hall–Kier alpha value is -0.820. The fraction of sp³-hybridized carbons (Fsp3) is 0.500. The Morgan fingerprint density at radius 3 is 3.15 bits per heavy atom. The molecule has 13 heavy (non-hydrogen) atoms. The number of aryl methyl sites for hydroxylation is 1. The van der Waals surface area contributed by atoms with Gasteiger partial charge in [0.25, 0.3) is 0 Å². The summed E-state index contributed by atoms with van der Waals surface area (Å²) < 4.78 is 0. The Kier molecular flexibility index (Phi) is 0.797. The van der Waals surface area contributed by atoms with Crippen molar-refractivity contribution in [3.63, 3.8) is 0 Å². The van der Waals surface area contributed by atoms with Gasteiger partial charge < -0.3 is 0 Å². The highest BCUT2D eigenvalue weighted by Gasteiger charge is 2.75. The molecule has 0 bridgehead atoms. The van der Waals surface area contributed by atoms with Gasteiger partial charge in [0.05, 0.1) is 6.04 Å². The molecule has 1 aromatic carbocycles. The lowest BCUT2D eigenvalue weighted by atomic mass is 9.78. The smallest absolute Gasteiger partial charge is 0.0546 e. The molecule has 2 unspecified atom stereocenters. The summed E-state index contributed by atoms with van der Waals surface area (Å²) in [6.07, 6.45) is 1.40. The minimum atomic E-state index is 0.575. The molecule has 66 valence electrons. The zero-order chi connectivity index (χ0) is 8.79. The monoisotopic (exact) mass is 171 g/mol. The summed E-state index contributed by atoms with van der Waals surface area (Å²) >= 11 is 0. The molecule has 0 aliphatic carbocycles. The Morgan fingerprint density at radius 2 is 2.31 bits per heavy atom. The topological polar surface area (TPSA) is 3.01 Å². The summed E-state index contributed by atoms with van der Waals surface area (Å²) in [7, 11) is 0. The van der Waals surface area contributed by atoms with Crippen molar-refractivity contribution in [3.8, 4) is 0 Å². The van der Waals surface area contributed by atoms with E-state index in [0.717, 1.165) is 12.1 Å². The molecule has 0 spiro atoms. The van der Waals surface area contributed by atoms with E-state index in [1.165, 1.54) is 12.0 Å². The second-order valence-corrected chi connectivity index (χ2v) is 4.96. The fourth-order valence-corrected chi connectivity index (χ4v) is 3.71. The first-order chi connectivity index (χ1) is 6.23. The number of nitrogens with zero attached hydrogens (tertiary/aromatic N) is 1. The molecule has 0 amide bonds. The first-order valence-electron chi connectivity index (χ1n) is 5.11. The van der Waals surface area contributed by atoms with Crippen LogP contribution in [0.4, 0.5) is 0 Å². The average Bonchev–Trinajstić information content (AvgIpc) is 2.45. The highest BCUT2D eigenvalue weighted by atomic mass is 15.5. The van der Waals surface area contributed by atoms with Crippen molar-refractivity contribution >= 4 is 0 Å². The van der Waals surface area contributed by atoms with Crippen LogP contribution in [-0.2, 0) is 0 Å². The van der Waals surface area contributed by atoms with Gasteiger partial charge in [-0.15, -0.1) is 0 Å². The molecule has 3 heterocycles. The normalized spacial score (nSPS) is 48.0. The third-order valence-corrected chi connectivity index (χ3v) is 4.32. The van der Waals surface area contributed by atoms with Crippen LogP contribution < -0.4 is 0 Å². The summed E-state index contributed by atoms with van der Waals surface area (Å²) in [5.74, 6) is 0. The SMILES string of the molecule is Cc1cccc2c1[C@H]1CC3(C)[C@@H]2N13. The molecule has 2 fully saturated rings. The van der Waals surface area contributed by atoms with E-state index < -0.39 is 0 Å². The van der Waals surface area contributed by atoms with Gasteiger partial charge in [-0.3, -0.25) is 4.90 Å². The van der Waals surface area contributed by atoms with E-state index in [0.29, 0.717) is 5.54 Å². The van der Waals surface area contributed by atoms with Crippen molar-refractivity contribution in [1.82, 2.24) is 4.90 Å². The molecule has 4 rings (SSSR count). The number of hydrogen-bond acceptors (Lipinski definition) is 1. The predicted octanol–water partition coefficient (Wildman–Crippen LogP) is 2.57. The summed E-state index contributed by atoms with van der Waals surface area (Å²) in [4.78, 5) is 2.67. The van der Waals surface area contributed by atoms with Gasteiger partial charge in [-0.1, -0.05) is 18.2 Å². The van der Waals surface area contributed by atoms with Crippen molar-refractivity contribution in [2.45, 2.75) is 37.9 Å². The lowest BCUT2D eigenvalue weighted by Crippen LogP contribution is -2.34. The third kappa shape index (κ3) is 0.483. The highest BCUT2D eigenvalue weighted by molar-refractivity contribution is 5.55. The Bertz CT molecular complexity index is 423. The Morgan fingerprint density at radius 1 is 1.46 bits per heavy atom. The quantitative estimate of drug-likeness (QED) is 0.542. The molecule has 0 N–H and O–H groups in total. The zero-order valence-corrected chi connectivity index (χ0v) is 8.04. The van der Waals surface area contributed by atoms with Crippen LogP contribution in [0.3, 0.4) is 0 Å². The van der Waals surface area contributed by atoms with Gasteiger partial charge in [0.2, 0.25) is 0 Å². The summed E-state index contributed by atoms with van der Waals surface area (Å²) in [6, 6.07) is 8.35. The highest BCUT2D eigenvalue weighted by Crippen LogP contribution is 2.76. The van der Waals surface area contributed by atoms with Crippen LogP contribution >= 0.6 is 0 Å². The van der Waals surface area contributed by atoms with Crippen molar-refractivity contribution < 1.29 is 0 Å². The second-order valence-electron chi connectivity index (χ2n) is 4.96. The van der Waals surface area contributed by atoms with Crippen LogP contribution in [0.2, 0.25) is 0 Å². The van der Waals surface area contributed by atoms with Gasteiger partial charge in [-0.2, -0.15) is 0 Å².